The molecule has 4 heteroatoms. The zero-order valence-electron chi connectivity index (χ0n) is 9.74. The highest BCUT2D eigenvalue weighted by atomic mass is 19.1. The highest BCUT2D eigenvalue weighted by Crippen LogP contribution is 2.14. The number of hydrogen-bond acceptors (Lipinski definition) is 3. The molecular weight excluding hydrogens is 223 g/mol. The number of carbonyl (C=O) groups is 1. The highest BCUT2D eigenvalue weighted by Gasteiger charge is 2.18. The molecular formula is C13H15FO3. The Morgan fingerprint density at radius 3 is 3.06 bits per heavy atom. The average molecular weight is 238 g/mol. The standard InChI is InChI=1S/C13H15FO3/c1-9-4-5-10(7-12(9)14)13(15)17-8-11-3-2-6-16-11/h4-5,7,11H,2-3,6,8H2,1H3. The summed E-state index contributed by atoms with van der Waals surface area (Å²) in [5.41, 5.74) is 0.756. The van der Waals surface area contributed by atoms with Crippen molar-refractivity contribution in [2.24, 2.45) is 0 Å². The van der Waals surface area contributed by atoms with E-state index in [0.29, 0.717) is 5.56 Å². The minimum Gasteiger partial charge on any atom is -0.459 e. The quantitative estimate of drug-likeness (QED) is 0.759. The second kappa shape index (κ2) is 5.27. The molecule has 2 rings (SSSR count). The molecule has 1 saturated heterocycles. The lowest BCUT2D eigenvalue weighted by atomic mass is 10.1. The molecule has 1 unspecified atom stereocenters. The first kappa shape index (κ1) is 12.0. The molecule has 1 atom stereocenters. The summed E-state index contributed by atoms with van der Waals surface area (Å²) in [6.45, 7) is 2.62. The molecule has 0 bridgehead atoms. The summed E-state index contributed by atoms with van der Waals surface area (Å²) in [5, 5.41) is 0. The van der Waals surface area contributed by atoms with Crippen molar-refractivity contribution in [2.75, 3.05) is 13.2 Å². The van der Waals surface area contributed by atoms with Gasteiger partial charge in [-0.15, -0.1) is 0 Å². The van der Waals surface area contributed by atoms with Gasteiger partial charge in [0, 0.05) is 6.61 Å². The van der Waals surface area contributed by atoms with Crippen LogP contribution < -0.4 is 0 Å². The molecule has 0 N–H and O–H groups in total. The second-order valence-electron chi connectivity index (χ2n) is 4.20. The lowest BCUT2D eigenvalue weighted by Gasteiger charge is -2.10. The SMILES string of the molecule is Cc1ccc(C(=O)OCC2CCCO2)cc1F. The Kier molecular flexibility index (Phi) is 3.74. The number of halogens is 1. The van der Waals surface area contributed by atoms with E-state index in [1.165, 1.54) is 6.07 Å². The highest BCUT2D eigenvalue weighted by molar-refractivity contribution is 5.89. The molecule has 3 nitrogen and oxygen atoms in total. The van der Waals surface area contributed by atoms with Crippen molar-refractivity contribution >= 4 is 5.97 Å². The number of carbonyl (C=O) groups excluding carboxylic acids is 1. The number of rotatable bonds is 3. The molecule has 17 heavy (non-hydrogen) atoms. The van der Waals surface area contributed by atoms with Gasteiger partial charge in [-0.1, -0.05) is 6.07 Å². The van der Waals surface area contributed by atoms with E-state index >= 15 is 0 Å². The fraction of sp³-hybridized carbons (Fsp3) is 0.462. The van der Waals surface area contributed by atoms with E-state index < -0.39 is 11.8 Å². The van der Waals surface area contributed by atoms with Crippen molar-refractivity contribution in [3.05, 3.63) is 35.1 Å². The van der Waals surface area contributed by atoms with E-state index in [1.807, 2.05) is 0 Å². The molecule has 1 fully saturated rings. The summed E-state index contributed by atoms with van der Waals surface area (Å²) in [5.74, 6) is -0.893. The first-order valence-electron chi connectivity index (χ1n) is 5.71. The minimum absolute atomic E-state index is 0.00533. The van der Waals surface area contributed by atoms with E-state index in [1.54, 1.807) is 19.1 Å². The summed E-state index contributed by atoms with van der Waals surface area (Å²) in [7, 11) is 0. The molecule has 0 amide bonds. The molecule has 1 aliphatic rings. The van der Waals surface area contributed by atoms with Crippen molar-refractivity contribution in [2.45, 2.75) is 25.9 Å². The van der Waals surface area contributed by atoms with Crippen LogP contribution in [0.5, 0.6) is 0 Å². The Labute approximate surface area is 99.5 Å². The van der Waals surface area contributed by atoms with E-state index in [4.69, 9.17) is 9.47 Å². The normalized spacial score (nSPS) is 19.3. The molecule has 0 radical (unpaired) electrons. The van der Waals surface area contributed by atoms with Crippen LogP contribution in [0.1, 0.15) is 28.8 Å². The summed E-state index contributed by atoms with van der Waals surface area (Å²) >= 11 is 0. The van der Waals surface area contributed by atoms with Crippen molar-refractivity contribution < 1.29 is 18.7 Å². The zero-order valence-corrected chi connectivity index (χ0v) is 9.74. The van der Waals surface area contributed by atoms with Crippen molar-refractivity contribution in [3.63, 3.8) is 0 Å². The minimum atomic E-state index is -0.501. The Morgan fingerprint density at radius 2 is 2.41 bits per heavy atom. The van der Waals surface area contributed by atoms with Crippen LogP contribution in [0.3, 0.4) is 0 Å². The van der Waals surface area contributed by atoms with Crippen LogP contribution >= 0.6 is 0 Å². The smallest absolute Gasteiger partial charge is 0.338 e. The third kappa shape index (κ3) is 3.03. The number of hydrogen-bond donors (Lipinski definition) is 0. The van der Waals surface area contributed by atoms with Crippen molar-refractivity contribution in [1.82, 2.24) is 0 Å². The predicted molar refractivity (Wildman–Crippen MR) is 60.4 cm³/mol. The number of ether oxygens (including phenoxy) is 2. The zero-order chi connectivity index (χ0) is 12.3. The van der Waals surface area contributed by atoms with Gasteiger partial charge in [0.2, 0.25) is 0 Å². The Morgan fingerprint density at radius 1 is 1.59 bits per heavy atom. The molecule has 0 saturated carbocycles. The van der Waals surface area contributed by atoms with Crippen LogP contribution in [-0.2, 0) is 9.47 Å². The van der Waals surface area contributed by atoms with Crippen molar-refractivity contribution in [3.8, 4) is 0 Å². The Bertz CT molecular complexity index is 411. The first-order chi connectivity index (χ1) is 8.16. The van der Waals surface area contributed by atoms with E-state index in [9.17, 15) is 9.18 Å². The van der Waals surface area contributed by atoms with Crippen LogP contribution in [0.15, 0.2) is 18.2 Å². The van der Waals surface area contributed by atoms with Gasteiger partial charge in [-0.2, -0.15) is 0 Å². The van der Waals surface area contributed by atoms with Crippen LogP contribution in [-0.4, -0.2) is 25.3 Å². The number of benzene rings is 1. The van der Waals surface area contributed by atoms with Crippen LogP contribution in [0.2, 0.25) is 0 Å². The van der Waals surface area contributed by atoms with Gasteiger partial charge in [-0.25, -0.2) is 9.18 Å². The topological polar surface area (TPSA) is 35.5 Å². The molecule has 0 spiro atoms. The fourth-order valence-electron chi connectivity index (χ4n) is 1.75. The first-order valence-corrected chi connectivity index (χ1v) is 5.71. The molecule has 1 aliphatic heterocycles. The number of aryl methyl sites for hydroxylation is 1. The van der Waals surface area contributed by atoms with E-state index in [2.05, 4.69) is 0 Å². The predicted octanol–water partition coefficient (Wildman–Crippen LogP) is 2.47. The molecule has 0 aliphatic carbocycles. The van der Waals surface area contributed by atoms with Crippen LogP contribution in [0, 0.1) is 12.7 Å². The molecule has 92 valence electrons. The maximum Gasteiger partial charge on any atom is 0.338 e. The van der Waals surface area contributed by atoms with Crippen molar-refractivity contribution in [1.29, 1.82) is 0 Å². The molecule has 1 aromatic rings. The van der Waals surface area contributed by atoms with Gasteiger partial charge < -0.3 is 9.47 Å². The lowest BCUT2D eigenvalue weighted by Crippen LogP contribution is -2.18. The van der Waals surface area contributed by atoms with E-state index in [0.717, 1.165) is 19.4 Å². The Hall–Kier alpha value is -1.42. The van der Waals surface area contributed by atoms with Gasteiger partial charge in [0.05, 0.1) is 11.7 Å². The maximum atomic E-state index is 13.2. The van der Waals surface area contributed by atoms with Crippen LogP contribution in [0.4, 0.5) is 4.39 Å². The molecule has 1 heterocycles. The number of esters is 1. The van der Waals surface area contributed by atoms with Gasteiger partial charge in [0.1, 0.15) is 12.4 Å². The van der Waals surface area contributed by atoms with Gasteiger partial charge in [-0.05, 0) is 37.5 Å². The third-order valence-corrected chi connectivity index (χ3v) is 2.83. The monoisotopic (exact) mass is 238 g/mol. The molecule has 0 aromatic heterocycles. The Balaban J connectivity index is 1.92. The largest absolute Gasteiger partial charge is 0.459 e. The maximum absolute atomic E-state index is 13.2. The third-order valence-electron chi connectivity index (χ3n) is 2.83. The summed E-state index contributed by atoms with van der Waals surface area (Å²) in [6, 6.07) is 4.33. The van der Waals surface area contributed by atoms with E-state index in [-0.39, 0.29) is 18.3 Å². The summed E-state index contributed by atoms with van der Waals surface area (Å²) in [4.78, 5) is 11.6. The van der Waals surface area contributed by atoms with Gasteiger partial charge >= 0.3 is 5.97 Å². The summed E-state index contributed by atoms with van der Waals surface area (Å²) in [6.07, 6.45) is 1.91. The van der Waals surface area contributed by atoms with Gasteiger partial charge in [0.15, 0.2) is 0 Å². The van der Waals surface area contributed by atoms with Gasteiger partial charge in [0.25, 0.3) is 0 Å². The summed E-state index contributed by atoms with van der Waals surface area (Å²) < 4.78 is 23.7. The fourth-order valence-corrected chi connectivity index (χ4v) is 1.75. The average Bonchev–Trinajstić information content (AvgIpc) is 2.82. The molecule has 1 aromatic carbocycles. The lowest BCUT2D eigenvalue weighted by molar-refractivity contribution is 0.0161. The van der Waals surface area contributed by atoms with Gasteiger partial charge in [-0.3, -0.25) is 0 Å². The van der Waals surface area contributed by atoms with Crippen LogP contribution in [0.25, 0.3) is 0 Å². The second-order valence-corrected chi connectivity index (χ2v) is 4.20.